The minimum absolute atomic E-state index is 0.322. The molecule has 5 nitrogen and oxygen atoms in total. The van der Waals surface area contributed by atoms with Gasteiger partial charge in [-0.2, -0.15) is 5.10 Å². The molecule has 0 saturated heterocycles. The summed E-state index contributed by atoms with van der Waals surface area (Å²) >= 11 is 3.39. The molecule has 2 aromatic rings. The second-order valence-corrected chi connectivity index (χ2v) is 5.22. The van der Waals surface area contributed by atoms with Crippen LogP contribution in [0.5, 0.6) is 0 Å². The number of aryl methyl sites for hydroxylation is 1. The summed E-state index contributed by atoms with van der Waals surface area (Å²) in [6.07, 6.45) is 0. The van der Waals surface area contributed by atoms with Gasteiger partial charge in [0.15, 0.2) is 5.69 Å². The summed E-state index contributed by atoms with van der Waals surface area (Å²) in [6.45, 7) is 2.92. The molecule has 0 radical (unpaired) electrons. The highest BCUT2D eigenvalue weighted by molar-refractivity contribution is 9.10. The van der Waals surface area contributed by atoms with Gasteiger partial charge >= 0.3 is 5.97 Å². The smallest absolute Gasteiger partial charge is 0.357 e. The largest absolute Gasteiger partial charge is 0.461 e. The number of ether oxygens (including phenoxy) is 2. The van der Waals surface area contributed by atoms with E-state index in [0.717, 1.165) is 5.56 Å². The first kappa shape index (κ1) is 15.7. The normalized spacial score (nSPS) is 10.6. The SMILES string of the molecule is CCOC(=O)c1c(Br)c(COCc2ccccc2)nn1C. The summed E-state index contributed by atoms with van der Waals surface area (Å²) in [7, 11) is 1.71. The van der Waals surface area contributed by atoms with Crippen LogP contribution in [-0.4, -0.2) is 22.4 Å². The minimum Gasteiger partial charge on any atom is -0.461 e. The number of rotatable bonds is 6. The van der Waals surface area contributed by atoms with Crippen molar-refractivity contribution >= 4 is 21.9 Å². The molecule has 1 heterocycles. The fourth-order valence-electron chi connectivity index (χ4n) is 1.91. The van der Waals surface area contributed by atoms with Crippen LogP contribution in [0.4, 0.5) is 0 Å². The highest BCUT2D eigenvalue weighted by Crippen LogP contribution is 2.23. The van der Waals surface area contributed by atoms with Crippen molar-refractivity contribution in [2.24, 2.45) is 7.05 Å². The lowest BCUT2D eigenvalue weighted by Gasteiger charge is -2.03. The molecule has 0 fully saturated rings. The van der Waals surface area contributed by atoms with Gasteiger partial charge in [-0.25, -0.2) is 4.79 Å². The predicted molar refractivity (Wildman–Crippen MR) is 81.8 cm³/mol. The van der Waals surface area contributed by atoms with E-state index in [2.05, 4.69) is 21.0 Å². The van der Waals surface area contributed by atoms with Gasteiger partial charge in [-0.15, -0.1) is 0 Å². The number of esters is 1. The van der Waals surface area contributed by atoms with Gasteiger partial charge in [-0.1, -0.05) is 30.3 Å². The van der Waals surface area contributed by atoms with Crippen molar-refractivity contribution in [3.63, 3.8) is 0 Å². The molecule has 0 unspecified atom stereocenters. The van der Waals surface area contributed by atoms with Gasteiger partial charge in [0.1, 0.15) is 5.69 Å². The minimum atomic E-state index is -0.395. The molecule has 0 aliphatic heterocycles. The first-order valence-electron chi connectivity index (χ1n) is 6.63. The second-order valence-electron chi connectivity index (χ2n) is 4.43. The number of benzene rings is 1. The van der Waals surface area contributed by atoms with E-state index in [0.29, 0.717) is 35.7 Å². The Morgan fingerprint density at radius 2 is 2.00 bits per heavy atom. The molecule has 0 N–H and O–H groups in total. The van der Waals surface area contributed by atoms with Gasteiger partial charge in [-0.05, 0) is 28.4 Å². The molecule has 2 rings (SSSR count). The van der Waals surface area contributed by atoms with E-state index in [-0.39, 0.29) is 0 Å². The quantitative estimate of drug-likeness (QED) is 0.749. The Bertz CT molecular complexity index is 611. The number of carbonyl (C=O) groups is 1. The standard InChI is InChI=1S/C15H17BrN2O3/c1-3-21-15(19)14-13(16)12(17-18(14)2)10-20-9-11-7-5-4-6-8-11/h4-8H,3,9-10H2,1-2H3. The van der Waals surface area contributed by atoms with Crippen LogP contribution >= 0.6 is 15.9 Å². The van der Waals surface area contributed by atoms with Crippen LogP contribution in [-0.2, 0) is 29.7 Å². The molecule has 6 heteroatoms. The molecular weight excluding hydrogens is 336 g/mol. The fourth-order valence-corrected chi connectivity index (χ4v) is 2.52. The van der Waals surface area contributed by atoms with Crippen LogP contribution in [0, 0.1) is 0 Å². The van der Waals surface area contributed by atoms with E-state index < -0.39 is 5.97 Å². The lowest BCUT2D eigenvalue weighted by atomic mass is 10.2. The zero-order valence-electron chi connectivity index (χ0n) is 12.0. The summed E-state index contributed by atoms with van der Waals surface area (Å²) < 4.78 is 12.8. The van der Waals surface area contributed by atoms with Crippen molar-refractivity contribution in [1.82, 2.24) is 9.78 Å². The van der Waals surface area contributed by atoms with Crippen molar-refractivity contribution in [2.45, 2.75) is 20.1 Å². The Kier molecular flexibility index (Phi) is 5.52. The Hall–Kier alpha value is -1.66. The average Bonchev–Trinajstić information content (AvgIpc) is 2.75. The van der Waals surface area contributed by atoms with Crippen molar-refractivity contribution in [3.05, 3.63) is 51.8 Å². The number of nitrogens with zero attached hydrogens (tertiary/aromatic N) is 2. The zero-order valence-corrected chi connectivity index (χ0v) is 13.6. The first-order valence-corrected chi connectivity index (χ1v) is 7.43. The van der Waals surface area contributed by atoms with E-state index in [1.165, 1.54) is 4.68 Å². The summed E-state index contributed by atoms with van der Waals surface area (Å²) in [5.41, 5.74) is 2.17. The number of hydrogen-bond acceptors (Lipinski definition) is 4. The van der Waals surface area contributed by atoms with Crippen molar-refractivity contribution in [1.29, 1.82) is 0 Å². The van der Waals surface area contributed by atoms with Gasteiger partial charge in [0.2, 0.25) is 0 Å². The van der Waals surface area contributed by atoms with E-state index in [1.54, 1.807) is 14.0 Å². The lowest BCUT2D eigenvalue weighted by Crippen LogP contribution is -2.10. The molecule has 0 saturated carbocycles. The van der Waals surface area contributed by atoms with Crippen LogP contribution in [0.15, 0.2) is 34.8 Å². The monoisotopic (exact) mass is 352 g/mol. The van der Waals surface area contributed by atoms with Crippen LogP contribution in [0.25, 0.3) is 0 Å². The van der Waals surface area contributed by atoms with Crippen LogP contribution in [0.3, 0.4) is 0 Å². The van der Waals surface area contributed by atoms with E-state index in [9.17, 15) is 4.79 Å². The molecule has 1 aromatic carbocycles. The first-order chi connectivity index (χ1) is 10.1. The summed E-state index contributed by atoms with van der Waals surface area (Å²) in [4.78, 5) is 11.8. The van der Waals surface area contributed by atoms with Crippen molar-refractivity contribution < 1.29 is 14.3 Å². The Morgan fingerprint density at radius 1 is 1.29 bits per heavy atom. The van der Waals surface area contributed by atoms with Crippen LogP contribution in [0.1, 0.15) is 28.7 Å². The molecule has 0 aliphatic rings. The number of aromatic nitrogens is 2. The third kappa shape index (κ3) is 3.92. The number of hydrogen-bond donors (Lipinski definition) is 0. The average molecular weight is 353 g/mol. The highest BCUT2D eigenvalue weighted by atomic mass is 79.9. The molecule has 0 aliphatic carbocycles. The van der Waals surface area contributed by atoms with Gasteiger partial charge in [0.05, 0.1) is 24.3 Å². The van der Waals surface area contributed by atoms with E-state index in [1.807, 2.05) is 30.3 Å². The Labute approximate surface area is 132 Å². The zero-order chi connectivity index (χ0) is 15.2. The van der Waals surface area contributed by atoms with E-state index in [4.69, 9.17) is 9.47 Å². The molecule has 21 heavy (non-hydrogen) atoms. The third-order valence-electron chi connectivity index (χ3n) is 2.87. The lowest BCUT2D eigenvalue weighted by molar-refractivity contribution is 0.0512. The topological polar surface area (TPSA) is 53.4 Å². The molecule has 0 bridgehead atoms. The van der Waals surface area contributed by atoms with Crippen LogP contribution in [0.2, 0.25) is 0 Å². The van der Waals surface area contributed by atoms with Crippen molar-refractivity contribution in [2.75, 3.05) is 6.61 Å². The Morgan fingerprint density at radius 3 is 2.67 bits per heavy atom. The maximum Gasteiger partial charge on any atom is 0.357 e. The number of carbonyl (C=O) groups excluding carboxylic acids is 1. The molecular formula is C15H17BrN2O3. The predicted octanol–water partition coefficient (Wildman–Crippen LogP) is 3.08. The summed E-state index contributed by atoms with van der Waals surface area (Å²) in [5.74, 6) is -0.395. The molecule has 0 atom stereocenters. The van der Waals surface area contributed by atoms with Gasteiger partial charge < -0.3 is 9.47 Å². The summed E-state index contributed by atoms with van der Waals surface area (Å²) in [5, 5.41) is 4.29. The third-order valence-corrected chi connectivity index (χ3v) is 3.71. The second kappa shape index (κ2) is 7.38. The van der Waals surface area contributed by atoms with Gasteiger partial charge in [-0.3, -0.25) is 4.68 Å². The fraction of sp³-hybridized carbons (Fsp3) is 0.333. The van der Waals surface area contributed by atoms with Gasteiger partial charge in [0, 0.05) is 7.05 Å². The summed E-state index contributed by atoms with van der Waals surface area (Å²) in [6, 6.07) is 9.89. The number of halogens is 1. The highest BCUT2D eigenvalue weighted by Gasteiger charge is 2.21. The maximum atomic E-state index is 11.8. The Balaban J connectivity index is 2.01. The maximum absolute atomic E-state index is 11.8. The van der Waals surface area contributed by atoms with E-state index >= 15 is 0 Å². The van der Waals surface area contributed by atoms with Crippen molar-refractivity contribution in [3.8, 4) is 0 Å². The van der Waals surface area contributed by atoms with Gasteiger partial charge in [0.25, 0.3) is 0 Å². The molecule has 112 valence electrons. The molecule has 0 amide bonds. The molecule has 0 spiro atoms. The molecule has 1 aromatic heterocycles. The van der Waals surface area contributed by atoms with Crippen LogP contribution < -0.4 is 0 Å².